The summed E-state index contributed by atoms with van der Waals surface area (Å²) >= 11 is 1.70. The van der Waals surface area contributed by atoms with Crippen molar-refractivity contribution in [1.82, 2.24) is 4.98 Å². The van der Waals surface area contributed by atoms with E-state index in [1.165, 1.54) is 0 Å². The molecule has 0 aliphatic carbocycles. The minimum absolute atomic E-state index is 0.340. The van der Waals surface area contributed by atoms with E-state index >= 15 is 0 Å². The van der Waals surface area contributed by atoms with Crippen LogP contribution in [0.3, 0.4) is 0 Å². The van der Waals surface area contributed by atoms with E-state index in [4.69, 9.17) is 5.73 Å². The van der Waals surface area contributed by atoms with Gasteiger partial charge in [0.25, 0.3) is 0 Å². The van der Waals surface area contributed by atoms with Crippen molar-refractivity contribution in [2.24, 2.45) is 5.73 Å². The summed E-state index contributed by atoms with van der Waals surface area (Å²) in [5, 5.41) is 3.23. The summed E-state index contributed by atoms with van der Waals surface area (Å²) in [6.45, 7) is 4.05. The van der Waals surface area contributed by atoms with Gasteiger partial charge in [-0.1, -0.05) is 0 Å². The Morgan fingerprint density at radius 1 is 1.75 bits per heavy atom. The molecule has 0 aromatic carbocycles. The quantitative estimate of drug-likeness (QED) is 0.706. The molecule has 1 saturated heterocycles. The van der Waals surface area contributed by atoms with E-state index in [1.54, 1.807) is 11.3 Å². The second-order valence-corrected chi connectivity index (χ2v) is 4.28. The molecular formula is C8H13N3S. The van der Waals surface area contributed by atoms with Crippen LogP contribution in [0.2, 0.25) is 0 Å². The first-order valence-corrected chi connectivity index (χ1v) is 5.06. The Morgan fingerprint density at radius 3 is 3.08 bits per heavy atom. The topological polar surface area (TPSA) is 42.2 Å². The van der Waals surface area contributed by atoms with Gasteiger partial charge in [-0.25, -0.2) is 4.98 Å². The van der Waals surface area contributed by atoms with E-state index in [9.17, 15) is 0 Å². The standard InChI is InChI=1S/C8H13N3S/c1-6-10-8(5-12-6)11-3-2-7(9)4-11/h5,7H,2-4,9H2,1H3. The van der Waals surface area contributed by atoms with Gasteiger partial charge in [0.2, 0.25) is 0 Å². The Hall–Kier alpha value is -0.610. The van der Waals surface area contributed by atoms with Crippen LogP contribution in [-0.4, -0.2) is 24.1 Å². The van der Waals surface area contributed by atoms with Crippen LogP contribution in [0.15, 0.2) is 5.38 Å². The lowest BCUT2D eigenvalue weighted by molar-refractivity contribution is 0.751. The number of aromatic nitrogens is 1. The molecule has 2 rings (SSSR count). The molecule has 2 heterocycles. The minimum Gasteiger partial charge on any atom is -0.354 e. The van der Waals surface area contributed by atoms with Gasteiger partial charge in [0.15, 0.2) is 0 Å². The molecule has 0 spiro atoms. The second-order valence-electron chi connectivity index (χ2n) is 3.22. The summed E-state index contributed by atoms with van der Waals surface area (Å²) in [5.41, 5.74) is 5.80. The van der Waals surface area contributed by atoms with Gasteiger partial charge in [-0.2, -0.15) is 0 Å². The first-order valence-electron chi connectivity index (χ1n) is 4.18. The Kier molecular flexibility index (Phi) is 2.02. The normalized spacial score (nSPS) is 23.5. The number of aryl methyl sites for hydroxylation is 1. The van der Waals surface area contributed by atoms with Crippen LogP contribution in [0.4, 0.5) is 5.82 Å². The highest BCUT2D eigenvalue weighted by atomic mass is 32.1. The van der Waals surface area contributed by atoms with Crippen molar-refractivity contribution in [3.05, 3.63) is 10.4 Å². The number of anilines is 1. The van der Waals surface area contributed by atoms with Crippen LogP contribution in [0.1, 0.15) is 11.4 Å². The molecule has 1 aliphatic heterocycles. The molecule has 0 amide bonds. The van der Waals surface area contributed by atoms with E-state index in [1.807, 2.05) is 6.92 Å². The average molecular weight is 183 g/mol. The second kappa shape index (κ2) is 3.03. The highest BCUT2D eigenvalue weighted by molar-refractivity contribution is 7.09. The van der Waals surface area contributed by atoms with E-state index in [-0.39, 0.29) is 0 Å². The van der Waals surface area contributed by atoms with Crippen molar-refractivity contribution >= 4 is 17.2 Å². The van der Waals surface area contributed by atoms with E-state index in [0.29, 0.717) is 6.04 Å². The highest BCUT2D eigenvalue weighted by Gasteiger charge is 2.20. The van der Waals surface area contributed by atoms with Gasteiger partial charge >= 0.3 is 0 Å². The van der Waals surface area contributed by atoms with Crippen LogP contribution in [0.5, 0.6) is 0 Å². The fraction of sp³-hybridized carbons (Fsp3) is 0.625. The Labute approximate surface area is 76.2 Å². The molecule has 1 aliphatic rings. The lowest BCUT2D eigenvalue weighted by atomic mass is 10.3. The monoisotopic (exact) mass is 183 g/mol. The molecule has 3 nitrogen and oxygen atoms in total. The molecule has 2 N–H and O–H groups in total. The van der Waals surface area contributed by atoms with Crippen molar-refractivity contribution in [3.63, 3.8) is 0 Å². The van der Waals surface area contributed by atoms with Gasteiger partial charge in [0, 0.05) is 24.5 Å². The molecule has 12 heavy (non-hydrogen) atoms. The molecular weight excluding hydrogens is 170 g/mol. The molecule has 1 aromatic heterocycles. The number of hydrogen-bond donors (Lipinski definition) is 1. The first kappa shape index (κ1) is 8.01. The Balaban J connectivity index is 2.11. The van der Waals surface area contributed by atoms with Crippen LogP contribution >= 0.6 is 11.3 Å². The summed E-state index contributed by atoms with van der Waals surface area (Å²) in [5.74, 6) is 1.10. The SMILES string of the molecule is Cc1nc(N2CCC(N)C2)cs1. The van der Waals surface area contributed by atoms with Crippen LogP contribution in [0.25, 0.3) is 0 Å². The third kappa shape index (κ3) is 1.44. The minimum atomic E-state index is 0.340. The van der Waals surface area contributed by atoms with Crippen molar-refractivity contribution in [2.45, 2.75) is 19.4 Å². The average Bonchev–Trinajstić information content (AvgIpc) is 2.58. The van der Waals surface area contributed by atoms with Gasteiger partial charge in [0.1, 0.15) is 5.82 Å². The predicted octanol–water partition coefficient (Wildman–Crippen LogP) is 0.989. The van der Waals surface area contributed by atoms with Crippen molar-refractivity contribution in [3.8, 4) is 0 Å². The van der Waals surface area contributed by atoms with Gasteiger partial charge in [-0.05, 0) is 13.3 Å². The van der Waals surface area contributed by atoms with Gasteiger partial charge in [-0.3, -0.25) is 0 Å². The van der Waals surface area contributed by atoms with E-state index in [0.717, 1.165) is 30.3 Å². The maximum atomic E-state index is 5.80. The first-order chi connectivity index (χ1) is 5.75. The predicted molar refractivity (Wildman–Crippen MR) is 51.7 cm³/mol. The molecule has 1 atom stereocenters. The third-order valence-electron chi connectivity index (χ3n) is 2.16. The van der Waals surface area contributed by atoms with Crippen LogP contribution in [-0.2, 0) is 0 Å². The summed E-state index contributed by atoms with van der Waals surface area (Å²) in [6, 6.07) is 0.340. The highest BCUT2D eigenvalue weighted by Crippen LogP contribution is 2.21. The number of rotatable bonds is 1. The molecule has 1 fully saturated rings. The lowest BCUT2D eigenvalue weighted by Gasteiger charge is -2.13. The zero-order chi connectivity index (χ0) is 8.55. The van der Waals surface area contributed by atoms with Crippen LogP contribution in [0, 0.1) is 6.92 Å². The molecule has 1 unspecified atom stereocenters. The van der Waals surface area contributed by atoms with Gasteiger partial charge in [-0.15, -0.1) is 11.3 Å². The molecule has 0 radical (unpaired) electrons. The lowest BCUT2D eigenvalue weighted by Crippen LogP contribution is -2.26. The fourth-order valence-electron chi connectivity index (χ4n) is 1.49. The Bertz CT molecular complexity index is 271. The summed E-state index contributed by atoms with van der Waals surface area (Å²) < 4.78 is 0. The largest absolute Gasteiger partial charge is 0.354 e. The molecule has 66 valence electrons. The number of hydrogen-bond acceptors (Lipinski definition) is 4. The summed E-state index contributed by atoms with van der Waals surface area (Å²) in [7, 11) is 0. The third-order valence-corrected chi connectivity index (χ3v) is 2.92. The summed E-state index contributed by atoms with van der Waals surface area (Å²) in [6.07, 6.45) is 1.09. The van der Waals surface area contributed by atoms with E-state index in [2.05, 4.69) is 15.3 Å². The van der Waals surface area contributed by atoms with E-state index < -0.39 is 0 Å². The number of nitrogens with zero attached hydrogens (tertiary/aromatic N) is 2. The Morgan fingerprint density at radius 2 is 2.58 bits per heavy atom. The fourth-order valence-corrected chi connectivity index (χ4v) is 2.12. The molecule has 1 aromatic rings. The van der Waals surface area contributed by atoms with Crippen molar-refractivity contribution < 1.29 is 0 Å². The molecule has 0 saturated carbocycles. The number of thiazole rings is 1. The van der Waals surface area contributed by atoms with Gasteiger partial charge in [0.05, 0.1) is 5.01 Å². The van der Waals surface area contributed by atoms with Crippen LogP contribution < -0.4 is 10.6 Å². The smallest absolute Gasteiger partial charge is 0.139 e. The maximum absolute atomic E-state index is 5.80. The molecule has 4 heteroatoms. The number of nitrogens with two attached hydrogens (primary N) is 1. The van der Waals surface area contributed by atoms with Gasteiger partial charge < -0.3 is 10.6 Å². The molecule has 0 bridgehead atoms. The zero-order valence-electron chi connectivity index (χ0n) is 7.16. The summed E-state index contributed by atoms with van der Waals surface area (Å²) in [4.78, 5) is 6.67. The van der Waals surface area contributed by atoms with Crippen molar-refractivity contribution in [2.75, 3.05) is 18.0 Å². The van der Waals surface area contributed by atoms with Crippen molar-refractivity contribution in [1.29, 1.82) is 0 Å². The zero-order valence-corrected chi connectivity index (χ0v) is 7.97. The maximum Gasteiger partial charge on any atom is 0.139 e.